The number of halogens is 2. The molecule has 1 aliphatic rings. The summed E-state index contributed by atoms with van der Waals surface area (Å²) in [7, 11) is 0. The summed E-state index contributed by atoms with van der Waals surface area (Å²) in [5.41, 5.74) is 1.08. The Morgan fingerprint density at radius 2 is 2.06 bits per heavy atom. The van der Waals surface area contributed by atoms with Gasteiger partial charge in [0.2, 0.25) is 0 Å². The number of hydrogen-bond acceptors (Lipinski definition) is 2. The van der Waals surface area contributed by atoms with Crippen LogP contribution in [-0.4, -0.2) is 29.2 Å². The zero-order valence-corrected chi connectivity index (χ0v) is 11.9. The number of hydrogen-bond donors (Lipinski definition) is 1. The smallest absolute Gasteiger partial charge is 0.0452 e. The SMILES string of the molecule is OCCCN(Cc1cc(Cl)ccc1Cl)C1CCC1. The largest absolute Gasteiger partial charge is 0.396 e. The van der Waals surface area contributed by atoms with Gasteiger partial charge in [-0.15, -0.1) is 0 Å². The van der Waals surface area contributed by atoms with Crippen molar-refractivity contribution in [3.05, 3.63) is 33.8 Å². The second kappa shape index (κ2) is 6.76. The highest BCUT2D eigenvalue weighted by Gasteiger charge is 2.24. The van der Waals surface area contributed by atoms with Crippen LogP contribution in [0.3, 0.4) is 0 Å². The fourth-order valence-corrected chi connectivity index (χ4v) is 2.67. The summed E-state index contributed by atoms with van der Waals surface area (Å²) in [6.45, 7) is 1.99. The van der Waals surface area contributed by atoms with Crippen molar-refractivity contribution < 1.29 is 5.11 Å². The number of aliphatic hydroxyl groups is 1. The first-order valence-corrected chi connectivity index (χ1v) is 7.25. The lowest BCUT2D eigenvalue weighted by Gasteiger charge is -2.37. The molecule has 1 aromatic rings. The predicted molar refractivity (Wildman–Crippen MR) is 76.2 cm³/mol. The van der Waals surface area contributed by atoms with E-state index in [0.717, 1.165) is 35.1 Å². The molecular weight excluding hydrogens is 269 g/mol. The molecule has 1 fully saturated rings. The molecule has 0 radical (unpaired) electrons. The first kappa shape index (κ1) is 14.1. The summed E-state index contributed by atoms with van der Waals surface area (Å²) in [6.07, 6.45) is 4.63. The van der Waals surface area contributed by atoms with E-state index in [4.69, 9.17) is 28.3 Å². The Balaban J connectivity index is 2.04. The van der Waals surface area contributed by atoms with Crippen molar-refractivity contribution in [3.63, 3.8) is 0 Å². The van der Waals surface area contributed by atoms with E-state index in [1.807, 2.05) is 18.2 Å². The van der Waals surface area contributed by atoms with Crippen molar-refractivity contribution in [3.8, 4) is 0 Å². The second-order valence-electron chi connectivity index (χ2n) is 4.87. The molecule has 0 saturated heterocycles. The van der Waals surface area contributed by atoms with Gasteiger partial charge in [-0.25, -0.2) is 0 Å². The average Bonchev–Trinajstić information content (AvgIpc) is 2.28. The quantitative estimate of drug-likeness (QED) is 0.862. The summed E-state index contributed by atoms with van der Waals surface area (Å²) in [5, 5.41) is 10.5. The Hall–Kier alpha value is -0.280. The first-order chi connectivity index (χ1) is 8.70. The molecule has 0 aromatic heterocycles. The Bertz CT molecular complexity index is 393. The van der Waals surface area contributed by atoms with E-state index in [2.05, 4.69) is 4.90 Å². The van der Waals surface area contributed by atoms with Gasteiger partial charge in [0.05, 0.1) is 0 Å². The summed E-state index contributed by atoms with van der Waals surface area (Å²) >= 11 is 12.2. The van der Waals surface area contributed by atoms with E-state index in [1.165, 1.54) is 19.3 Å². The van der Waals surface area contributed by atoms with Crippen LogP contribution in [0.5, 0.6) is 0 Å². The topological polar surface area (TPSA) is 23.5 Å². The summed E-state index contributed by atoms with van der Waals surface area (Å²) in [6, 6.07) is 6.25. The highest BCUT2D eigenvalue weighted by molar-refractivity contribution is 6.33. The number of aliphatic hydroxyl groups excluding tert-OH is 1. The Labute approximate surface area is 119 Å². The van der Waals surface area contributed by atoms with E-state index < -0.39 is 0 Å². The van der Waals surface area contributed by atoms with Crippen LogP contribution in [0.1, 0.15) is 31.2 Å². The molecule has 1 N–H and O–H groups in total. The molecule has 4 heteroatoms. The molecule has 1 saturated carbocycles. The van der Waals surface area contributed by atoms with Gasteiger partial charge in [-0.1, -0.05) is 29.6 Å². The van der Waals surface area contributed by atoms with Crippen molar-refractivity contribution in [1.82, 2.24) is 4.90 Å². The zero-order chi connectivity index (χ0) is 13.0. The highest BCUT2D eigenvalue weighted by Crippen LogP contribution is 2.29. The van der Waals surface area contributed by atoms with Crippen molar-refractivity contribution in [2.75, 3.05) is 13.2 Å². The van der Waals surface area contributed by atoms with Gasteiger partial charge in [-0.3, -0.25) is 4.90 Å². The van der Waals surface area contributed by atoms with Crippen LogP contribution >= 0.6 is 23.2 Å². The third kappa shape index (κ3) is 3.61. The third-order valence-electron chi connectivity index (χ3n) is 3.58. The van der Waals surface area contributed by atoms with E-state index >= 15 is 0 Å². The normalized spacial score (nSPS) is 16.0. The third-order valence-corrected chi connectivity index (χ3v) is 4.18. The second-order valence-corrected chi connectivity index (χ2v) is 5.71. The average molecular weight is 288 g/mol. The van der Waals surface area contributed by atoms with Gasteiger partial charge in [0, 0.05) is 35.8 Å². The van der Waals surface area contributed by atoms with Crippen LogP contribution in [0, 0.1) is 0 Å². The van der Waals surface area contributed by atoms with Crippen molar-refractivity contribution in [2.24, 2.45) is 0 Å². The van der Waals surface area contributed by atoms with Gasteiger partial charge < -0.3 is 5.11 Å². The fourth-order valence-electron chi connectivity index (χ4n) is 2.30. The van der Waals surface area contributed by atoms with Gasteiger partial charge in [-0.2, -0.15) is 0 Å². The summed E-state index contributed by atoms with van der Waals surface area (Å²) < 4.78 is 0. The van der Waals surface area contributed by atoms with E-state index in [9.17, 15) is 0 Å². The van der Waals surface area contributed by atoms with Crippen molar-refractivity contribution >= 4 is 23.2 Å². The Morgan fingerprint density at radius 1 is 1.28 bits per heavy atom. The van der Waals surface area contributed by atoms with Crippen LogP contribution in [0.15, 0.2) is 18.2 Å². The molecule has 18 heavy (non-hydrogen) atoms. The zero-order valence-electron chi connectivity index (χ0n) is 10.4. The molecule has 0 bridgehead atoms. The lowest BCUT2D eigenvalue weighted by Crippen LogP contribution is -2.40. The molecule has 2 nitrogen and oxygen atoms in total. The molecule has 0 spiro atoms. The maximum atomic E-state index is 8.98. The molecule has 1 aliphatic carbocycles. The van der Waals surface area contributed by atoms with E-state index in [0.29, 0.717) is 6.04 Å². The van der Waals surface area contributed by atoms with Crippen LogP contribution in [0.2, 0.25) is 10.0 Å². The predicted octanol–water partition coefficient (Wildman–Crippen LogP) is 3.73. The van der Waals surface area contributed by atoms with E-state index in [1.54, 1.807) is 0 Å². The standard InChI is InChI=1S/C14H19Cl2NO/c15-12-5-6-14(16)11(9-12)10-17(7-2-8-18)13-3-1-4-13/h5-6,9,13,18H,1-4,7-8,10H2. The summed E-state index contributed by atoms with van der Waals surface area (Å²) in [5.74, 6) is 0. The molecular formula is C14H19Cl2NO. The number of nitrogens with zero attached hydrogens (tertiary/aromatic N) is 1. The minimum absolute atomic E-state index is 0.243. The molecule has 2 rings (SSSR count). The van der Waals surface area contributed by atoms with Gasteiger partial charge >= 0.3 is 0 Å². The molecule has 0 aliphatic heterocycles. The first-order valence-electron chi connectivity index (χ1n) is 6.49. The van der Waals surface area contributed by atoms with E-state index in [-0.39, 0.29) is 6.61 Å². The van der Waals surface area contributed by atoms with Crippen molar-refractivity contribution in [1.29, 1.82) is 0 Å². The maximum absolute atomic E-state index is 8.98. The molecule has 1 aromatic carbocycles. The number of rotatable bonds is 6. The van der Waals surface area contributed by atoms with Gasteiger partial charge in [0.15, 0.2) is 0 Å². The van der Waals surface area contributed by atoms with Crippen LogP contribution in [0.4, 0.5) is 0 Å². The summed E-state index contributed by atoms with van der Waals surface area (Å²) in [4.78, 5) is 2.41. The minimum Gasteiger partial charge on any atom is -0.396 e. The van der Waals surface area contributed by atoms with Crippen LogP contribution in [-0.2, 0) is 6.54 Å². The van der Waals surface area contributed by atoms with Crippen LogP contribution < -0.4 is 0 Å². The lowest BCUT2D eigenvalue weighted by atomic mass is 9.91. The fraction of sp³-hybridized carbons (Fsp3) is 0.571. The molecule has 0 amide bonds. The van der Waals surface area contributed by atoms with Gasteiger partial charge in [0.25, 0.3) is 0 Å². The molecule has 100 valence electrons. The minimum atomic E-state index is 0.243. The lowest BCUT2D eigenvalue weighted by molar-refractivity contribution is 0.109. The maximum Gasteiger partial charge on any atom is 0.0452 e. The Morgan fingerprint density at radius 3 is 2.67 bits per heavy atom. The Kier molecular flexibility index (Phi) is 5.31. The monoisotopic (exact) mass is 287 g/mol. The van der Waals surface area contributed by atoms with Gasteiger partial charge in [-0.05, 0) is 43.0 Å². The number of benzene rings is 1. The van der Waals surface area contributed by atoms with Crippen molar-refractivity contribution in [2.45, 2.75) is 38.3 Å². The molecule has 0 heterocycles. The van der Waals surface area contributed by atoms with Gasteiger partial charge in [0.1, 0.15) is 0 Å². The molecule has 0 unspecified atom stereocenters. The molecule has 0 atom stereocenters. The highest BCUT2D eigenvalue weighted by atomic mass is 35.5. The van der Waals surface area contributed by atoms with Crippen LogP contribution in [0.25, 0.3) is 0 Å².